The summed E-state index contributed by atoms with van der Waals surface area (Å²) in [5.74, 6) is 1.59. The number of benzene rings is 1. The zero-order valence-corrected chi connectivity index (χ0v) is 10.9. The van der Waals surface area contributed by atoms with Crippen LogP contribution in [0.25, 0.3) is 11.3 Å². The fraction of sp³-hybridized carbons (Fsp3) is 0.400. The summed E-state index contributed by atoms with van der Waals surface area (Å²) in [7, 11) is 0. The Balaban J connectivity index is 1.84. The van der Waals surface area contributed by atoms with Crippen molar-refractivity contribution in [3.05, 3.63) is 40.7 Å². The fourth-order valence-corrected chi connectivity index (χ4v) is 3.63. The summed E-state index contributed by atoms with van der Waals surface area (Å²) >= 11 is 1.83. The monoisotopic (exact) mass is 243 g/mol. The van der Waals surface area contributed by atoms with Crippen molar-refractivity contribution in [3.63, 3.8) is 0 Å². The summed E-state index contributed by atoms with van der Waals surface area (Å²) in [4.78, 5) is 4.82. The number of hydrogen-bond acceptors (Lipinski definition) is 2. The van der Waals surface area contributed by atoms with E-state index in [-0.39, 0.29) is 0 Å². The standard InChI is InChI=1S/C15H17NS/c1-11-7-8-13(9-11)15-16-14(10-17-15)12-5-3-2-4-6-12/h2-6,10-11,13H,7-9H2,1H3. The Kier molecular flexibility index (Phi) is 2.98. The van der Waals surface area contributed by atoms with E-state index in [1.165, 1.54) is 29.8 Å². The van der Waals surface area contributed by atoms with E-state index >= 15 is 0 Å². The molecule has 1 fully saturated rings. The molecule has 0 amide bonds. The van der Waals surface area contributed by atoms with Gasteiger partial charge >= 0.3 is 0 Å². The predicted molar refractivity (Wildman–Crippen MR) is 73.3 cm³/mol. The van der Waals surface area contributed by atoms with Gasteiger partial charge in [0.05, 0.1) is 10.7 Å². The molecule has 0 N–H and O–H groups in total. The van der Waals surface area contributed by atoms with Gasteiger partial charge in [-0.15, -0.1) is 11.3 Å². The van der Waals surface area contributed by atoms with E-state index in [0.717, 1.165) is 11.6 Å². The van der Waals surface area contributed by atoms with Crippen LogP contribution in [-0.2, 0) is 0 Å². The first-order chi connectivity index (χ1) is 8.33. The summed E-state index contributed by atoms with van der Waals surface area (Å²) in [6.07, 6.45) is 4.01. The van der Waals surface area contributed by atoms with Gasteiger partial charge in [0.15, 0.2) is 0 Å². The van der Waals surface area contributed by atoms with Gasteiger partial charge in [0.2, 0.25) is 0 Å². The molecule has 2 heteroatoms. The van der Waals surface area contributed by atoms with Crippen LogP contribution in [0.15, 0.2) is 35.7 Å². The Morgan fingerprint density at radius 3 is 2.71 bits per heavy atom. The second kappa shape index (κ2) is 4.61. The van der Waals surface area contributed by atoms with Gasteiger partial charge in [0.25, 0.3) is 0 Å². The number of hydrogen-bond donors (Lipinski definition) is 0. The highest BCUT2D eigenvalue weighted by atomic mass is 32.1. The quantitative estimate of drug-likeness (QED) is 0.744. The second-order valence-electron chi connectivity index (χ2n) is 5.05. The lowest BCUT2D eigenvalue weighted by Crippen LogP contribution is -1.92. The maximum Gasteiger partial charge on any atom is 0.0963 e. The van der Waals surface area contributed by atoms with Crippen LogP contribution in [0, 0.1) is 5.92 Å². The lowest BCUT2D eigenvalue weighted by Gasteiger charge is -2.04. The molecule has 3 rings (SSSR count). The minimum absolute atomic E-state index is 0.715. The van der Waals surface area contributed by atoms with Crippen LogP contribution < -0.4 is 0 Å². The molecule has 2 unspecified atom stereocenters. The van der Waals surface area contributed by atoms with Gasteiger partial charge < -0.3 is 0 Å². The third-order valence-electron chi connectivity index (χ3n) is 3.64. The zero-order valence-electron chi connectivity index (χ0n) is 10.1. The molecule has 1 aromatic carbocycles. The first-order valence-corrected chi connectivity index (χ1v) is 7.22. The van der Waals surface area contributed by atoms with Crippen LogP contribution in [0.1, 0.15) is 37.1 Å². The molecular formula is C15H17NS. The third-order valence-corrected chi connectivity index (χ3v) is 4.64. The molecule has 88 valence electrons. The minimum atomic E-state index is 0.715. The lowest BCUT2D eigenvalue weighted by atomic mass is 10.1. The summed E-state index contributed by atoms with van der Waals surface area (Å²) < 4.78 is 0. The van der Waals surface area contributed by atoms with E-state index in [0.29, 0.717) is 5.92 Å². The van der Waals surface area contributed by atoms with Crippen LogP contribution in [0.2, 0.25) is 0 Å². The van der Waals surface area contributed by atoms with Crippen molar-refractivity contribution in [3.8, 4) is 11.3 Å². The molecule has 0 saturated heterocycles. The first kappa shape index (κ1) is 11.0. The topological polar surface area (TPSA) is 12.9 Å². The maximum absolute atomic E-state index is 4.82. The van der Waals surface area contributed by atoms with Crippen LogP contribution in [-0.4, -0.2) is 4.98 Å². The number of nitrogens with zero attached hydrogens (tertiary/aromatic N) is 1. The van der Waals surface area contributed by atoms with Crippen molar-refractivity contribution in [2.75, 3.05) is 0 Å². The van der Waals surface area contributed by atoms with Gasteiger partial charge in [-0.2, -0.15) is 0 Å². The summed E-state index contributed by atoms with van der Waals surface area (Å²) in [6, 6.07) is 10.5. The van der Waals surface area contributed by atoms with E-state index in [2.05, 4.69) is 42.6 Å². The Hall–Kier alpha value is -1.15. The Bertz CT molecular complexity index is 489. The second-order valence-corrected chi connectivity index (χ2v) is 5.94. The SMILES string of the molecule is CC1CCC(c2nc(-c3ccccc3)cs2)C1. The molecule has 17 heavy (non-hydrogen) atoms. The van der Waals surface area contributed by atoms with Crippen molar-refractivity contribution < 1.29 is 0 Å². The van der Waals surface area contributed by atoms with Gasteiger partial charge in [0, 0.05) is 16.9 Å². The average Bonchev–Trinajstić information content (AvgIpc) is 2.98. The molecule has 1 aromatic heterocycles. The fourth-order valence-electron chi connectivity index (χ4n) is 2.65. The molecule has 1 saturated carbocycles. The molecule has 1 nitrogen and oxygen atoms in total. The van der Waals surface area contributed by atoms with Gasteiger partial charge in [-0.05, 0) is 18.8 Å². The highest BCUT2D eigenvalue weighted by molar-refractivity contribution is 7.10. The largest absolute Gasteiger partial charge is 0.241 e. The molecule has 2 aromatic rings. The van der Waals surface area contributed by atoms with E-state index in [4.69, 9.17) is 4.98 Å². The molecule has 1 heterocycles. The molecule has 0 spiro atoms. The number of aromatic nitrogens is 1. The van der Waals surface area contributed by atoms with Crippen molar-refractivity contribution in [1.29, 1.82) is 0 Å². The smallest absolute Gasteiger partial charge is 0.0963 e. The van der Waals surface area contributed by atoms with Crippen molar-refractivity contribution in [2.24, 2.45) is 5.92 Å². The lowest BCUT2D eigenvalue weighted by molar-refractivity contribution is 0.596. The highest BCUT2D eigenvalue weighted by Crippen LogP contribution is 2.39. The summed E-state index contributed by atoms with van der Waals surface area (Å²) in [5.41, 5.74) is 2.38. The third kappa shape index (κ3) is 2.27. The molecule has 0 bridgehead atoms. The van der Waals surface area contributed by atoms with E-state index in [9.17, 15) is 0 Å². The molecule has 1 aliphatic carbocycles. The van der Waals surface area contributed by atoms with Gasteiger partial charge in [0.1, 0.15) is 0 Å². The minimum Gasteiger partial charge on any atom is -0.241 e. The molecule has 0 aliphatic heterocycles. The zero-order chi connectivity index (χ0) is 11.7. The Morgan fingerprint density at radius 2 is 2.00 bits per heavy atom. The normalized spacial score (nSPS) is 24.1. The Labute approximate surface area is 107 Å². The number of thiazole rings is 1. The molecule has 0 radical (unpaired) electrons. The summed E-state index contributed by atoms with van der Waals surface area (Å²) in [5, 5.41) is 3.54. The van der Waals surface area contributed by atoms with Gasteiger partial charge in [-0.25, -0.2) is 4.98 Å². The van der Waals surface area contributed by atoms with Crippen LogP contribution in [0.4, 0.5) is 0 Å². The molecule has 1 aliphatic rings. The maximum atomic E-state index is 4.82. The molecule has 2 atom stereocenters. The van der Waals surface area contributed by atoms with Crippen LogP contribution >= 0.6 is 11.3 Å². The number of rotatable bonds is 2. The van der Waals surface area contributed by atoms with E-state index in [1.807, 2.05) is 11.3 Å². The van der Waals surface area contributed by atoms with E-state index in [1.54, 1.807) is 0 Å². The van der Waals surface area contributed by atoms with Crippen LogP contribution in [0.5, 0.6) is 0 Å². The van der Waals surface area contributed by atoms with Crippen molar-refractivity contribution >= 4 is 11.3 Å². The predicted octanol–water partition coefficient (Wildman–Crippen LogP) is 4.71. The Morgan fingerprint density at radius 1 is 1.18 bits per heavy atom. The highest BCUT2D eigenvalue weighted by Gasteiger charge is 2.25. The average molecular weight is 243 g/mol. The van der Waals surface area contributed by atoms with Crippen LogP contribution in [0.3, 0.4) is 0 Å². The van der Waals surface area contributed by atoms with E-state index < -0.39 is 0 Å². The van der Waals surface area contributed by atoms with Gasteiger partial charge in [-0.1, -0.05) is 43.7 Å². The van der Waals surface area contributed by atoms with Crippen molar-refractivity contribution in [1.82, 2.24) is 4.98 Å². The van der Waals surface area contributed by atoms with Gasteiger partial charge in [-0.3, -0.25) is 0 Å². The molecular weight excluding hydrogens is 226 g/mol. The summed E-state index contributed by atoms with van der Waals surface area (Å²) in [6.45, 7) is 2.35. The van der Waals surface area contributed by atoms with Crippen molar-refractivity contribution in [2.45, 2.75) is 32.1 Å². The first-order valence-electron chi connectivity index (χ1n) is 6.34.